The SMILES string of the molecule is COc1ccc(S(=O)(=O)Nc2cccc(Cl)c2F)cc1Br. The van der Waals surface area contributed by atoms with E-state index in [0.29, 0.717) is 10.2 Å². The van der Waals surface area contributed by atoms with Gasteiger partial charge < -0.3 is 4.74 Å². The first-order chi connectivity index (χ1) is 9.85. The average molecular weight is 395 g/mol. The van der Waals surface area contributed by atoms with Crippen LogP contribution in [0.1, 0.15) is 0 Å². The third kappa shape index (κ3) is 3.48. The van der Waals surface area contributed by atoms with Crippen molar-refractivity contribution in [1.29, 1.82) is 0 Å². The number of halogens is 3. The molecule has 8 heteroatoms. The van der Waals surface area contributed by atoms with Crippen LogP contribution in [0.25, 0.3) is 0 Å². The summed E-state index contributed by atoms with van der Waals surface area (Å²) in [6.45, 7) is 0. The van der Waals surface area contributed by atoms with Gasteiger partial charge in [0.2, 0.25) is 0 Å². The van der Waals surface area contributed by atoms with Crippen molar-refractivity contribution < 1.29 is 17.5 Å². The Morgan fingerprint density at radius 3 is 2.62 bits per heavy atom. The van der Waals surface area contributed by atoms with Gasteiger partial charge in [0.05, 0.1) is 27.2 Å². The Bertz CT molecular complexity index is 783. The van der Waals surface area contributed by atoms with E-state index in [1.807, 2.05) is 0 Å². The van der Waals surface area contributed by atoms with Gasteiger partial charge in [-0.15, -0.1) is 0 Å². The monoisotopic (exact) mass is 393 g/mol. The molecule has 2 rings (SSSR count). The van der Waals surface area contributed by atoms with Gasteiger partial charge in [0, 0.05) is 0 Å². The van der Waals surface area contributed by atoms with E-state index >= 15 is 0 Å². The molecule has 0 atom stereocenters. The van der Waals surface area contributed by atoms with Crippen molar-refractivity contribution in [3.05, 3.63) is 51.7 Å². The van der Waals surface area contributed by atoms with Crippen LogP contribution in [0.3, 0.4) is 0 Å². The van der Waals surface area contributed by atoms with Gasteiger partial charge in [0.15, 0.2) is 5.82 Å². The number of hydrogen-bond donors (Lipinski definition) is 1. The fourth-order valence-electron chi connectivity index (χ4n) is 1.60. The molecule has 21 heavy (non-hydrogen) atoms. The lowest BCUT2D eigenvalue weighted by molar-refractivity contribution is 0.411. The second kappa shape index (κ2) is 6.21. The maximum Gasteiger partial charge on any atom is 0.262 e. The Hall–Kier alpha value is -1.31. The van der Waals surface area contributed by atoms with Crippen molar-refractivity contribution in [3.8, 4) is 5.75 Å². The van der Waals surface area contributed by atoms with E-state index in [1.165, 1.54) is 43.5 Å². The average Bonchev–Trinajstić information content (AvgIpc) is 2.43. The standard InChI is InChI=1S/C13H10BrClFNO3S/c1-20-12-6-5-8(7-9(12)14)21(18,19)17-11-4-2-3-10(15)13(11)16/h2-7,17H,1H3. The molecule has 2 aromatic rings. The van der Waals surface area contributed by atoms with Crippen molar-refractivity contribution in [2.24, 2.45) is 0 Å². The molecule has 0 aliphatic heterocycles. The predicted octanol–water partition coefficient (Wildman–Crippen LogP) is 4.05. The molecule has 0 saturated carbocycles. The molecular formula is C13H10BrClFNO3S. The molecule has 0 bridgehead atoms. The molecule has 0 aliphatic rings. The summed E-state index contributed by atoms with van der Waals surface area (Å²) in [6.07, 6.45) is 0. The lowest BCUT2D eigenvalue weighted by Crippen LogP contribution is -2.14. The highest BCUT2D eigenvalue weighted by molar-refractivity contribution is 9.10. The van der Waals surface area contributed by atoms with Crippen molar-refractivity contribution in [2.45, 2.75) is 4.90 Å². The van der Waals surface area contributed by atoms with E-state index < -0.39 is 15.8 Å². The number of nitrogens with one attached hydrogen (secondary N) is 1. The van der Waals surface area contributed by atoms with Crippen LogP contribution in [0.2, 0.25) is 5.02 Å². The quantitative estimate of drug-likeness (QED) is 0.851. The fourth-order valence-corrected chi connectivity index (χ4v) is 3.55. The minimum atomic E-state index is -3.93. The predicted molar refractivity (Wildman–Crippen MR) is 82.9 cm³/mol. The maximum absolute atomic E-state index is 13.8. The summed E-state index contributed by atoms with van der Waals surface area (Å²) in [7, 11) is -2.47. The smallest absolute Gasteiger partial charge is 0.262 e. The molecule has 2 aromatic carbocycles. The lowest BCUT2D eigenvalue weighted by atomic mass is 10.3. The molecule has 0 saturated heterocycles. The third-order valence-electron chi connectivity index (χ3n) is 2.63. The number of methoxy groups -OCH3 is 1. The van der Waals surface area contributed by atoms with Crippen LogP contribution >= 0.6 is 27.5 Å². The molecule has 0 aromatic heterocycles. The Morgan fingerprint density at radius 2 is 2.00 bits per heavy atom. The summed E-state index contributed by atoms with van der Waals surface area (Å²) in [6, 6.07) is 8.29. The molecular weight excluding hydrogens is 385 g/mol. The summed E-state index contributed by atoms with van der Waals surface area (Å²) < 4.78 is 45.9. The highest BCUT2D eigenvalue weighted by atomic mass is 79.9. The van der Waals surface area contributed by atoms with Crippen LogP contribution in [0.4, 0.5) is 10.1 Å². The number of rotatable bonds is 4. The first-order valence-corrected chi connectivity index (χ1v) is 8.31. The summed E-state index contributed by atoms with van der Waals surface area (Å²) in [5.41, 5.74) is -0.213. The van der Waals surface area contributed by atoms with Gasteiger partial charge in [-0.1, -0.05) is 17.7 Å². The van der Waals surface area contributed by atoms with E-state index in [4.69, 9.17) is 16.3 Å². The van der Waals surface area contributed by atoms with E-state index in [2.05, 4.69) is 20.7 Å². The van der Waals surface area contributed by atoms with Crippen molar-refractivity contribution in [2.75, 3.05) is 11.8 Å². The molecule has 0 radical (unpaired) electrons. The second-order valence-corrected chi connectivity index (χ2v) is 6.95. The molecule has 112 valence electrons. The Morgan fingerprint density at radius 1 is 1.29 bits per heavy atom. The van der Waals surface area contributed by atoms with Crippen LogP contribution in [0.15, 0.2) is 45.8 Å². The Balaban J connectivity index is 2.39. The number of hydrogen-bond acceptors (Lipinski definition) is 3. The number of sulfonamides is 1. The third-order valence-corrected chi connectivity index (χ3v) is 4.90. The van der Waals surface area contributed by atoms with Gasteiger partial charge >= 0.3 is 0 Å². The highest BCUT2D eigenvalue weighted by Gasteiger charge is 2.18. The largest absolute Gasteiger partial charge is 0.496 e. The zero-order chi connectivity index (χ0) is 15.6. The number of ether oxygens (including phenoxy) is 1. The Labute approximate surface area is 135 Å². The lowest BCUT2D eigenvalue weighted by Gasteiger charge is -2.11. The maximum atomic E-state index is 13.8. The number of anilines is 1. The Kier molecular flexibility index (Phi) is 4.75. The van der Waals surface area contributed by atoms with Crippen LogP contribution in [-0.4, -0.2) is 15.5 Å². The van der Waals surface area contributed by atoms with Crippen molar-refractivity contribution in [3.63, 3.8) is 0 Å². The summed E-state index contributed by atoms with van der Waals surface area (Å²) in [5, 5.41) is -0.161. The van der Waals surface area contributed by atoms with Crippen LogP contribution in [0, 0.1) is 5.82 Å². The minimum absolute atomic E-state index is 0.0328. The second-order valence-electron chi connectivity index (χ2n) is 4.00. The fraction of sp³-hybridized carbons (Fsp3) is 0.0769. The van der Waals surface area contributed by atoms with Crippen molar-refractivity contribution in [1.82, 2.24) is 0 Å². The minimum Gasteiger partial charge on any atom is -0.496 e. The van der Waals surface area contributed by atoms with Gasteiger partial charge in [-0.05, 0) is 46.3 Å². The summed E-state index contributed by atoms with van der Waals surface area (Å²) in [4.78, 5) is -0.0328. The zero-order valence-corrected chi connectivity index (χ0v) is 13.9. The van der Waals surface area contributed by atoms with Gasteiger partial charge in [0.1, 0.15) is 5.75 Å². The molecule has 0 fully saturated rings. The van der Waals surface area contributed by atoms with Crippen LogP contribution in [0.5, 0.6) is 5.75 Å². The molecule has 0 spiro atoms. The van der Waals surface area contributed by atoms with Gasteiger partial charge in [-0.2, -0.15) is 0 Å². The molecule has 0 unspecified atom stereocenters. The van der Waals surface area contributed by atoms with E-state index in [-0.39, 0.29) is 15.6 Å². The van der Waals surface area contributed by atoms with Gasteiger partial charge in [0.25, 0.3) is 10.0 Å². The first kappa shape index (κ1) is 16.1. The van der Waals surface area contributed by atoms with E-state index in [0.717, 1.165) is 0 Å². The first-order valence-electron chi connectivity index (χ1n) is 5.65. The molecule has 4 nitrogen and oxygen atoms in total. The molecule has 0 heterocycles. The van der Waals surface area contributed by atoms with Crippen LogP contribution in [-0.2, 0) is 10.0 Å². The normalized spacial score (nSPS) is 11.2. The molecule has 0 aliphatic carbocycles. The van der Waals surface area contributed by atoms with E-state index in [1.54, 1.807) is 0 Å². The summed E-state index contributed by atoms with van der Waals surface area (Å²) in [5.74, 6) is -0.335. The molecule has 1 N–H and O–H groups in total. The van der Waals surface area contributed by atoms with E-state index in [9.17, 15) is 12.8 Å². The van der Waals surface area contributed by atoms with Crippen LogP contribution < -0.4 is 9.46 Å². The highest BCUT2D eigenvalue weighted by Crippen LogP contribution is 2.29. The zero-order valence-electron chi connectivity index (χ0n) is 10.7. The number of benzene rings is 2. The van der Waals surface area contributed by atoms with Gasteiger partial charge in [-0.3, -0.25) is 4.72 Å². The van der Waals surface area contributed by atoms with Crippen molar-refractivity contribution >= 4 is 43.2 Å². The topological polar surface area (TPSA) is 55.4 Å². The summed E-state index contributed by atoms with van der Waals surface area (Å²) >= 11 is 8.82. The van der Waals surface area contributed by atoms with Gasteiger partial charge in [-0.25, -0.2) is 12.8 Å². The molecule has 0 amide bonds.